The standard InChI is InChI=1S/C25H20BrF3N4O5/c1-37-20-8-6-18(7-9-20)32-23(35)24(36)33-30-13-15-11-17(26)5-10-21(15)38-14-22(34)31-19-4-2-3-16(12-19)25(27,28)29/h2-13H,14H2,1H3,(H,31,34)(H,32,35)(H,33,36)/b30-13-. The van der Waals surface area contributed by atoms with E-state index in [1.807, 2.05) is 0 Å². The Balaban J connectivity index is 1.57. The van der Waals surface area contributed by atoms with Crippen LogP contribution in [0.3, 0.4) is 0 Å². The first-order chi connectivity index (χ1) is 18.0. The summed E-state index contributed by atoms with van der Waals surface area (Å²) in [6.45, 7) is -0.519. The van der Waals surface area contributed by atoms with Gasteiger partial charge in [-0.25, -0.2) is 5.43 Å². The van der Waals surface area contributed by atoms with Gasteiger partial charge in [0.05, 0.1) is 18.9 Å². The zero-order valence-corrected chi connectivity index (χ0v) is 21.2. The van der Waals surface area contributed by atoms with Crippen LogP contribution in [0, 0.1) is 0 Å². The molecule has 0 fully saturated rings. The molecule has 9 nitrogen and oxygen atoms in total. The molecule has 0 unspecified atom stereocenters. The van der Waals surface area contributed by atoms with Crippen molar-refractivity contribution in [1.82, 2.24) is 5.43 Å². The number of carbonyl (C=O) groups excluding carboxylic acids is 3. The van der Waals surface area contributed by atoms with E-state index in [-0.39, 0.29) is 11.4 Å². The van der Waals surface area contributed by atoms with Crippen LogP contribution in [0.5, 0.6) is 11.5 Å². The van der Waals surface area contributed by atoms with Crippen molar-refractivity contribution >= 4 is 51.2 Å². The number of benzene rings is 3. The molecule has 0 radical (unpaired) electrons. The third-order valence-electron chi connectivity index (χ3n) is 4.73. The highest BCUT2D eigenvalue weighted by molar-refractivity contribution is 9.10. The van der Waals surface area contributed by atoms with E-state index in [4.69, 9.17) is 9.47 Å². The Kier molecular flexibility index (Phi) is 9.44. The minimum Gasteiger partial charge on any atom is -0.497 e. The van der Waals surface area contributed by atoms with Crippen molar-refractivity contribution in [2.45, 2.75) is 6.18 Å². The molecule has 0 aliphatic carbocycles. The summed E-state index contributed by atoms with van der Waals surface area (Å²) in [5, 5.41) is 8.49. The number of anilines is 2. The van der Waals surface area contributed by atoms with Gasteiger partial charge in [0.1, 0.15) is 11.5 Å². The smallest absolute Gasteiger partial charge is 0.416 e. The molecule has 0 saturated carbocycles. The zero-order chi connectivity index (χ0) is 27.7. The molecule has 3 amide bonds. The molecule has 0 aliphatic heterocycles. The van der Waals surface area contributed by atoms with Crippen LogP contribution in [0.4, 0.5) is 24.5 Å². The van der Waals surface area contributed by atoms with Crippen LogP contribution in [0.1, 0.15) is 11.1 Å². The van der Waals surface area contributed by atoms with E-state index in [9.17, 15) is 27.6 Å². The molecule has 3 aromatic rings. The lowest BCUT2D eigenvalue weighted by molar-refractivity contribution is -0.137. The van der Waals surface area contributed by atoms with Gasteiger partial charge in [-0.1, -0.05) is 22.0 Å². The summed E-state index contributed by atoms with van der Waals surface area (Å²) in [5.41, 5.74) is 1.86. The van der Waals surface area contributed by atoms with E-state index in [0.717, 1.165) is 12.1 Å². The second-order valence-corrected chi connectivity index (χ2v) is 8.39. The van der Waals surface area contributed by atoms with Gasteiger partial charge in [-0.3, -0.25) is 14.4 Å². The first-order valence-electron chi connectivity index (χ1n) is 10.7. The van der Waals surface area contributed by atoms with Gasteiger partial charge in [-0.15, -0.1) is 0 Å². The quantitative estimate of drug-likeness (QED) is 0.201. The van der Waals surface area contributed by atoms with Crippen LogP contribution in [0.15, 0.2) is 76.3 Å². The van der Waals surface area contributed by atoms with Crippen molar-refractivity contribution in [3.63, 3.8) is 0 Å². The number of rotatable bonds is 8. The Bertz CT molecular complexity index is 1350. The Morgan fingerprint density at radius 3 is 2.37 bits per heavy atom. The topological polar surface area (TPSA) is 118 Å². The number of methoxy groups -OCH3 is 1. The Hall–Kier alpha value is -4.39. The van der Waals surface area contributed by atoms with Gasteiger partial charge in [-0.2, -0.15) is 18.3 Å². The fraction of sp³-hybridized carbons (Fsp3) is 0.120. The number of amides is 3. The van der Waals surface area contributed by atoms with Gasteiger partial charge < -0.3 is 20.1 Å². The molecule has 3 N–H and O–H groups in total. The average Bonchev–Trinajstić information content (AvgIpc) is 2.88. The third-order valence-corrected chi connectivity index (χ3v) is 5.22. The molecule has 13 heteroatoms. The number of carbonyl (C=O) groups is 3. The molecule has 0 saturated heterocycles. The number of hydrazone groups is 1. The molecule has 0 bridgehead atoms. The second-order valence-electron chi connectivity index (χ2n) is 7.48. The molecule has 0 aromatic heterocycles. The van der Waals surface area contributed by atoms with Crippen LogP contribution in [0.25, 0.3) is 0 Å². The van der Waals surface area contributed by atoms with Crippen LogP contribution >= 0.6 is 15.9 Å². The Morgan fingerprint density at radius 2 is 1.68 bits per heavy atom. The van der Waals surface area contributed by atoms with Crippen molar-refractivity contribution in [1.29, 1.82) is 0 Å². The molecule has 38 heavy (non-hydrogen) atoms. The van der Waals surface area contributed by atoms with Gasteiger partial charge in [0.25, 0.3) is 5.91 Å². The number of alkyl halides is 3. The fourth-order valence-corrected chi connectivity index (χ4v) is 3.32. The highest BCUT2D eigenvalue weighted by Crippen LogP contribution is 2.30. The number of hydrogen-bond donors (Lipinski definition) is 3. The average molecular weight is 593 g/mol. The monoisotopic (exact) mass is 592 g/mol. The maximum Gasteiger partial charge on any atom is 0.416 e. The first kappa shape index (κ1) is 28.2. The summed E-state index contributed by atoms with van der Waals surface area (Å²) in [4.78, 5) is 36.3. The van der Waals surface area contributed by atoms with Crippen molar-refractivity contribution in [2.24, 2.45) is 5.10 Å². The minimum atomic E-state index is -4.55. The van der Waals surface area contributed by atoms with Crippen molar-refractivity contribution in [2.75, 3.05) is 24.4 Å². The predicted molar refractivity (Wildman–Crippen MR) is 137 cm³/mol. The molecular weight excluding hydrogens is 573 g/mol. The Morgan fingerprint density at radius 1 is 0.947 bits per heavy atom. The van der Waals surface area contributed by atoms with Gasteiger partial charge >= 0.3 is 18.0 Å². The predicted octanol–water partition coefficient (Wildman–Crippen LogP) is 4.58. The lowest BCUT2D eigenvalue weighted by Gasteiger charge is -2.12. The number of halogens is 4. The second kappa shape index (κ2) is 12.7. The molecule has 0 spiro atoms. The number of ether oxygens (including phenoxy) is 2. The summed E-state index contributed by atoms with van der Waals surface area (Å²) in [6, 6.07) is 15.2. The lowest BCUT2D eigenvalue weighted by atomic mass is 10.2. The largest absolute Gasteiger partial charge is 0.497 e. The maximum absolute atomic E-state index is 12.9. The van der Waals surface area contributed by atoms with Gasteiger partial charge in [-0.05, 0) is 60.7 Å². The summed E-state index contributed by atoms with van der Waals surface area (Å²) >= 11 is 3.29. The van der Waals surface area contributed by atoms with Crippen LogP contribution < -0.4 is 25.5 Å². The van der Waals surface area contributed by atoms with Gasteiger partial charge in [0.2, 0.25) is 0 Å². The Labute approximate surface area is 223 Å². The molecule has 3 rings (SSSR count). The highest BCUT2D eigenvalue weighted by atomic mass is 79.9. The van der Waals surface area contributed by atoms with Crippen LogP contribution in [-0.4, -0.2) is 37.7 Å². The summed E-state index contributed by atoms with van der Waals surface area (Å²) in [5.74, 6) is -1.91. The van der Waals surface area contributed by atoms with Crippen molar-refractivity contribution in [3.05, 3.63) is 82.3 Å². The molecule has 3 aromatic carbocycles. The molecular formula is C25H20BrF3N4O5. The number of nitrogens with zero attached hydrogens (tertiary/aromatic N) is 1. The van der Waals surface area contributed by atoms with E-state index in [1.54, 1.807) is 36.4 Å². The van der Waals surface area contributed by atoms with Crippen LogP contribution in [-0.2, 0) is 20.6 Å². The van der Waals surface area contributed by atoms with Crippen LogP contribution in [0.2, 0.25) is 0 Å². The summed E-state index contributed by atoms with van der Waals surface area (Å²) in [6.07, 6.45) is -3.35. The van der Waals surface area contributed by atoms with E-state index < -0.39 is 36.1 Å². The van der Waals surface area contributed by atoms with Crippen molar-refractivity contribution in [3.8, 4) is 11.5 Å². The molecule has 0 aliphatic rings. The van der Waals surface area contributed by atoms with E-state index in [0.29, 0.717) is 21.5 Å². The first-order valence-corrected chi connectivity index (χ1v) is 11.5. The summed E-state index contributed by atoms with van der Waals surface area (Å²) < 4.78 is 49.7. The molecule has 0 heterocycles. The molecule has 0 atom stereocenters. The van der Waals surface area contributed by atoms with Gasteiger partial charge in [0.15, 0.2) is 6.61 Å². The number of hydrogen-bond acceptors (Lipinski definition) is 6. The van der Waals surface area contributed by atoms with E-state index in [1.165, 1.54) is 31.5 Å². The zero-order valence-electron chi connectivity index (χ0n) is 19.6. The normalized spacial score (nSPS) is 11.1. The maximum atomic E-state index is 12.9. The highest BCUT2D eigenvalue weighted by Gasteiger charge is 2.30. The lowest BCUT2D eigenvalue weighted by Crippen LogP contribution is -2.32. The number of nitrogens with one attached hydrogen (secondary N) is 3. The van der Waals surface area contributed by atoms with E-state index >= 15 is 0 Å². The summed E-state index contributed by atoms with van der Waals surface area (Å²) in [7, 11) is 1.50. The van der Waals surface area contributed by atoms with Gasteiger partial charge in [0, 0.05) is 21.4 Å². The van der Waals surface area contributed by atoms with Crippen molar-refractivity contribution < 1.29 is 37.0 Å². The van der Waals surface area contributed by atoms with E-state index in [2.05, 4.69) is 37.1 Å². The fourth-order valence-electron chi connectivity index (χ4n) is 2.94. The third kappa shape index (κ3) is 8.34. The molecule has 198 valence electrons. The SMILES string of the molecule is COc1ccc(NC(=O)C(=O)N/N=C\c2cc(Br)ccc2OCC(=O)Nc2cccc(C(F)(F)F)c2)cc1. The minimum absolute atomic E-state index is 0.0401.